The molecule has 0 aromatic carbocycles. The molecule has 1 heterocycles. The monoisotopic (exact) mass is 255 g/mol. The molecule has 0 spiro atoms. The molecule has 0 fully saturated rings. The van der Waals surface area contributed by atoms with Crippen molar-refractivity contribution in [3.8, 4) is 0 Å². The molecule has 0 N–H and O–H groups in total. The van der Waals surface area contributed by atoms with E-state index >= 15 is 0 Å². The third kappa shape index (κ3) is 2.86. The summed E-state index contributed by atoms with van der Waals surface area (Å²) in [6, 6.07) is 0.463. The number of nitrogens with zero attached hydrogens (tertiary/aromatic N) is 1. The van der Waals surface area contributed by atoms with Gasteiger partial charge in [0, 0.05) is 10.5 Å². The van der Waals surface area contributed by atoms with Crippen LogP contribution in [0.4, 0.5) is 0 Å². The van der Waals surface area contributed by atoms with Gasteiger partial charge in [-0.15, -0.1) is 0 Å². The van der Waals surface area contributed by atoms with Crippen molar-refractivity contribution < 1.29 is 4.74 Å². The first-order chi connectivity index (χ1) is 7.69. The van der Waals surface area contributed by atoms with E-state index in [1.165, 1.54) is 4.38 Å². The molecule has 4 heteroatoms. The van der Waals surface area contributed by atoms with Crippen molar-refractivity contribution in [3.63, 3.8) is 0 Å². The second-order valence-electron chi connectivity index (χ2n) is 4.02. The van der Waals surface area contributed by atoms with Crippen LogP contribution < -0.4 is 0 Å². The number of allylic oxidation sites excluding steroid dienone is 2. The van der Waals surface area contributed by atoms with Gasteiger partial charge in [0.25, 0.3) is 0 Å². The van der Waals surface area contributed by atoms with Gasteiger partial charge in [-0.3, -0.25) is 4.99 Å². The number of aliphatic imine (C=N–C) groups is 1. The van der Waals surface area contributed by atoms with Gasteiger partial charge in [-0.05, 0) is 25.5 Å². The van der Waals surface area contributed by atoms with E-state index < -0.39 is 0 Å². The number of hydrogen-bond acceptors (Lipinski definition) is 4. The maximum absolute atomic E-state index is 5.17. The molecule has 2 unspecified atom stereocenters. The van der Waals surface area contributed by atoms with Crippen LogP contribution in [0, 0.1) is 0 Å². The summed E-state index contributed by atoms with van der Waals surface area (Å²) in [5, 5.41) is 1.14. The highest BCUT2D eigenvalue weighted by Crippen LogP contribution is 2.36. The van der Waals surface area contributed by atoms with E-state index in [1.54, 1.807) is 7.11 Å². The Morgan fingerprint density at radius 3 is 2.81 bits per heavy atom. The lowest BCUT2D eigenvalue weighted by Crippen LogP contribution is -2.07. The maximum Gasteiger partial charge on any atom is 0.125 e. The SMILES string of the molecule is COC1=CC[C@H](SC2=NC(C)C(C)S2)C=C1. The van der Waals surface area contributed by atoms with Crippen LogP contribution in [0.2, 0.25) is 0 Å². The second kappa shape index (κ2) is 5.32. The van der Waals surface area contributed by atoms with Crippen LogP contribution in [0.3, 0.4) is 0 Å². The molecule has 1 aliphatic heterocycles. The van der Waals surface area contributed by atoms with Gasteiger partial charge in [-0.2, -0.15) is 0 Å². The summed E-state index contributed by atoms with van der Waals surface area (Å²) in [5.74, 6) is 0.972. The molecule has 88 valence electrons. The van der Waals surface area contributed by atoms with E-state index in [0.717, 1.165) is 12.2 Å². The molecule has 2 rings (SSSR count). The third-order valence-electron chi connectivity index (χ3n) is 2.79. The Balaban J connectivity index is 1.87. The van der Waals surface area contributed by atoms with Crippen LogP contribution in [0.1, 0.15) is 20.3 Å². The van der Waals surface area contributed by atoms with Gasteiger partial charge in [0.15, 0.2) is 0 Å². The van der Waals surface area contributed by atoms with Gasteiger partial charge < -0.3 is 4.74 Å². The van der Waals surface area contributed by atoms with Crippen molar-refractivity contribution in [2.24, 2.45) is 4.99 Å². The zero-order valence-corrected chi connectivity index (χ0v) is 11.5. The Kier molecular flexibility index (Phi) is 4.03. The summed E-state index contributed by atoms with van der Waals surface area (Å²) in [7, 11) is 1.71. The predicted molar refractivity (Wildman–Crippen MR) is 74.2 cm³/mol. The highest BCUT2D eigenvalue weighted by Gasteiger charge is 2.24. The van der Waals surface area contributed by atoms with Crippen molar-refractivity contribution in [2.75, 3.05) is 7.11 Å². The Hall–Kier alpha value is -0.350. The smallest absolute Gasteiger partial charge is 0.125 e. The molecule has 16 heavy (non-hydrogen) atoms. The Labute approximate surface area is 106 Å². The lowest BCUT2D eigenvalue weighted by molar-refractivity contribution is 0.304. The summed E-state index contributed by atoms with van der Waals surface area (Å²) in [5.41, 5.74) is 0. The zero-order chi connectivity index (χ0) is 11.5. The summed E-state index contributed by atoms with van der Waals surface area (Å²) >= 11 is 3.78. The van der Waals surface area contributed by atoms with Crippen LogP contribution in [0.15, 0.2) is 29.0 Å². The summed E-state index contributed by atoms with van der Waals surface area (Å²) in [6.45, 7) is 4.43. The first kappa shape index (κ1) is 12.1. The average Bonchev–Trinajstić information content (AvgIpc) is 2.59. The standard InChI is InChI=1S/C12H17NOS2/c1-8-9(2)15-12(13-8)16-11-6-4-10(14-3)5-7-11/h4-6,8-9,11H,7H2,1-3H3/t8?,9?,11-/m1/s1. The van der Waals surface area contributed by atoms with E-state index in [1.807, 2.05) is 29.6 Å². The molecule has 0 aromatic heterocycles. The minimum atomic E-state index is 0.463. The Bertz CT molecular complexity index is 349. The molecule has 0 aromatic rings. The van der Waals surface area contributed by atoms with E-state index in [4.69, 9.17) is 4.74 Å². The molecule has 0 saturated heterocycles. The number of thioether (sulfide) groups is 2. The lowest BCUT2D eigenvalue weighted by atomic mass is 10.2. The fourth-order valence-corrected chi connectivity index (χ4v) is 4.25. The topological polar surface area (TPSA) is 21.6 Å². The molecule has 0 saturated carbocycles. The van der Waals surface area contributed by atoms with Crippen molar-refractivity contribution >= 4 is 27.9 Å². The normalized spacial score (nSPS) is 33.6. The number of methoxy groups -OCH3 is 1. The van der Waals surface area contributed by atoms with Gasteiger partial charge in [0.05, 0.1) is 13.2 Å². The van der Waals surface area contributed by atoms with E-state index in [2.05, 4.69) is 31.0 Å². The molecular formula is C12H17NOS2. The third-order valence-corrected chi connectivity index (χ3v) is 5.40. The van der Waals surface area contributed by atoms with Gasteiger partial charge >= 0.3 is 0 Å². The second-order valence-corrected chi connectivity index (χ2v) is 6.87. The van der Waals surface area contributed by atoms with Crippen LogP contribution in [-0.4, -0.2) is 28.0 Å². The Morgan fingerprint density at radius 1 is 1.50 bits per heavy atom. The lowest BCUT2D eigenvalue weighted by Gasteiger charge is -2.14. The first-order valence-corrected chi connectivity index (χ1v) is 7.28. The fraction of sp³-hybridized carbons (Fsp3) is 0.583. The highest BCUT2D eigenvalue weighted by atomic mass is 32.2. The summed E-state index contributed by atoms with van der Waals surface area (Å²) in [6.07, 6.45) is 7.44. The first-order valence-electron chi connectivity index (χ1n) is 5.52. The highest BCUT2D eigenvalue weighted by molar-refractivity contribution is 8.39. The Morgan fingerprint density at radius 2 is 2.31 bits per heavy atom. The van der Waals surface area contributed by atoms with E-state index in [-0.39, 0.29) is 0 Å². The number of ether oxygens (including phenoxy) is 1. The summed E-state index contributed by atoms with van der Waals surface area (Å²) < 4.78 is 6.41. The molecular weight excluding hydrogens is 238 g/mol. The number of hydrogen-bond donors (Lipinski definition) is 0. The van der Waals surface area contributed by atoms with Crippen molar-refractivity contribution in [3.05, 3.63) is 24.0 Å². The molecule has 0 amide bonds. The predicted octanol–water partition coefficient (Wildman–Crippen LogP) is 3.46. The van der Waals surface area contributed by atoms with E-state index in [0.29, 0.717) is 16.5 Å². The van der Waals surface area contributed by atoms with Gasteiger partial charge in [0.2, 0.25) is 0 Å². The fourth-order valence-electron chi connectivity index (χ4n) is 1.57. The average molecular weight is 255 g/mol. The van der Waals surface area contributed by atoms with Gasteiger partial charge in [-0.25, -0.2) is 0 Å². The molecule has 0 bridgehead atoms. The maximum atomic E-state index is 5.17. The van der Waals surface area contributed by atoms with Crippen LogP contribution in [0.25, 0.3) is 0 Å². The van der Waals surface area contributed by atoms with E-state index in [9.17, 15) is 0 Å². The molecule has 1 aliphatic carbocycles. The van der Waals surface area contributed by atoms with Gasteiger partial charge in [0.1, 0.15) is 10.1 Å². The molecule has 3 atom stereocenters. The molecule has 0 radical (unpaired) electrons. The number of rotatable bonds is 2. The molecule has 2 aliphatic rings. The molecule has 2 nitrogen and oxygen atoms in total. The minimum absolute atomic E-state index is 0.463. The van der Waals surface area contributed by atoms with Crippen molar-refractivity contribution in [1.82, 2.24) is 0 Å². The van der Waals surface area contributed by atoms with Crippen LogP contribution in [0.5, 0.6) is 0 Å². The minimum Gasteiger partial charge on any atom is -0.497 e. The van der Waals surface area contributed by atoms with Crippen LogP contribution >= 0.6 is 23.5 Å². The van der Waals surface area contributed by atoms with Crippen molar-refractivity contribution in [1.29, 1.82) is 0 Å². The van der Waals surface area contributed by atoms with Crippen molar-refractivity contribution in [2.45, 2.75) is 36.8 Å². The summed E-state index contributed by atoms with van der Waals surface area (Å²) in [4.78, 5) is 4.66. The van der Waals surface area contributed by atoms with Crippen LogP contribution in [-0.2, 0) is 4.74 Å². The van der Waals surface area contributed by atoms with Gasteiger partial charge in [-0.1, -0.05) is 36.5 Å². The zero-order valence-electron chi connectivity index (χ0n) is 9.84. The quantitative estimate of drug-likeness (QED) is 0.754. The largest absolute Gasteiger partial charge is 0.497 e.